The van der Waals surface area contributed by atoms with Crippen molar-refractivity contribution in [3.8, 4) is 0 Å². The monoisotopic (exact) mass is 332 g/mol. The van der Waals surface area contributed by atoms with Gasteiger partial charge in [0, 0.05) is 11.8 Å². The summed E-state index contributed by atoms with van der Waals surface area (Å²) >= 11 is 3.28. The van der Waals surface area contributed by atoms with Crippen molar-refractivity contribution in [1.29, 1.82) is 0 Å². The van der Waals surface area contributed by atoms with Crippen LogP contribution in [0.3, 0.4) is 0 Å². The van der Waals surface area contributed by atoms with Crippen molar-refractivity contribution in [2.24, 2.45) is 0 Å². The molecule has 1 aromatic heterocycles. The van der Waals surface area contributed by atoms with Gasteiger partial charge in [0.05, 0.1) is 6.04 Å². The van der Waals surface area contributed by atoms with Gasteiger partial charge in [-0.25, -0.2) is 4.98 Å². The average molecular weight is 333 g/mol. The van der Waals surface area contributed by atoms with Crippen molar-refractivity contribution in [1.82, 2.24) is 10.3 Å². The van der Waals surface area contributed by atoms with E-state index in [9.17, 15) is 4.79 Å². The lowest BCUT2D eigenvalue weighted by atomic mass is 10.0. The SMILES string of the molecule is CCCC(NC(=O)c1ccnc(Br)c1)c1ccccc1. The van der Waals surface area contributed by atoms with Crippen LogP contribution in [0.15, 0.2) is 53.3 Å². The average Bonchev–Trinajstić information content (AvgIpc) is 2.47. The fraction of sp³-hybridized carbons (Fsp3) is 0.250. The molecule has 1 N–H and O–H groups in total. The quantitative estimate of drug-likeness (QED) is 0.837. The standard InChI is InChI=1S/C16H17BrN2O/c1-2-6-14(12-7-4-3-5-8-12)19-16(20)13-9-10-18-15(17)11-13/h3-5,7-11,14H,2,6H2,1H3,(H,19,20). The molecule has 1 heterocycles. The van der Waals surface area contributed by atoms with E-state index >= 15 is 0 Å². The first-order valence-electron chi connectivity index (χ1n) is 6.68. The Labute approximate surface area is 127 Å². The summed E-state index contributed by atoms with van der Waals surface area (Å²) in [4.78, 5) is 16.3. The third kappa shape index (κ3) is 3.90. The number of hydrogen-bond acceptors (Lipinski definition) is 2. The molecule has 2 rings (SSSR count). The van der Waals surface area contributed by atoms with Gasteiger partial charge in [-0.15, -0.1) is 0 Å². The van der Waals surface area contributed by atoms with Crippen LogP contribution in [0.25, 0.3) is 0 Å². The molecule has 1 atom stereocenters. The minimum Gasteiger partial charge on any atom is -0.345 e. The van der Waals surface area contributed by atoms with Crippen LogP contribution in [0.2, 0.25) is 0 Å². The molecule has 1 unspecified atom stereocenters. The van der Waals surface area contributed by atoms with E-state index < -0.39 is 0 Å². The molecule has 0 radical (unpaired) electrons. The molecule has 3 nitrogen and oxygen atoms in total. The van der Waals surface area contributed by atoms with Gasteiger partial charge in [-0.1, -0.05) is 43.7 Å². The van der Waals surface area contributed by atoms with E-state index in [1.165, 1.54) is 0 Å². The molecule has 0 aliphatic carbocycles. The summed E-state index contributed by atoms with van der Waals surface area (Å²) in [6.07, 6.45) is 3.55. The van der Waals surface area contributed by atoms with E-state index in [1.807, 2.05) is 30.3 Å². The minimum absolute atomic E-state index is 0.0423. The van der Waals surface area contributed by atoms with Crippen LogP contribution in [0.1, 0.15) is 41.7 Å². The molecule has 20 heavy (non-hydrogen) atoms. The van der Waals surface area contributed by atoms with Crippen LogP contribution in [0.5, 0.6) is 0 Å². The van der Waals surface area contributed by atoms with Crippen LogP contribution in [-0.4, -0.2) is 10.9 Å². The van der Waals surface area contributed by atoms with Crippen molar-refractivity contribution in [2.75, 3.05) is 0 Å². The van der Waals surface area contributed by atoms with Gasteiger partial charge in [-0.05, 0) is 40.0 Å². The van der Waals surface area contributed by atoms with Crippen LogP contribution >= 0.6 is 15.9 Å². The molecule has 0 fully saturated rings. The number of nitrogens with one attached hydrogen (secondary N) is 1. The van der Waals surface area contributed by atoms with E-state index in [4.69, 9.17) is 0 Å². The van der Waals surface area contributed by atoms with E-state index in [2.05, 4.69) is 33.2 Å². The highest BCUT2D eigenvalue weighted by Gasteiger charge is 2.15. The maximum atomic E-state index is 12.3. The first-order chi connectivity index (χ1) is 9.70. The van der Waals surface area contributed by atoms with Gasteiger partial charge in [-0.3, -0.25) is 4.79 Å². The Morgan fingerprint density at radius 3 is 2.70 bits per heavy atom. The Hall–Kier alpha value is -1.68. The molecule has 4 heteroatoms. The van der Waals surface area contributed by atoms with Gasteiger partial charge < -0.3 is 5.32 Å². The molecule has 0 aliphatic heterocycles. The summed E-state index contributed by atoms with van der Waals surface area (Å²) in [6.45, 7) is 2.12. The van der Waals surface area contributed by atoms with E-state index in [1.54, 1.807) is 18.3 Å². The molecule has 0 spiro atoms. The molecule has 1 amide bonds. The van der Waals surface area contributed by atoms with Crippen molar-refractivity contribution in [3.05, 3.63) is 64.4 Å². The number of aromatic nitrogens is 1. The topological polar surface area (TPSA) is 42.0 Å². The Kier molecular flexibility index (Phi) is 5.30. The highest BCUT2D eigenvalue weighted by molar-refractivity contribution is 9.10. The zero-order valence-corrected chi connectivity index (χ0v) is 12.9. The first-order valence-corrected chi connectivity index (χ1v) is 7.47. The van der Waals surface area contributed by atoms with Crippen molar-refractivity contribution in [2.45, 2.75) is 25.8 Å². The van der Waals surface area contributed by atoms with Gasteiger partial charge in [0.1, 0.15) is 4.60 Å². The normalized spacial score (nSPS) is 11.9. The second kappa shape index (κ2) is 7.20. The second-order valence-corrected chi connectivity index (χ2v) is 5.41. The molecule has 0 saturated carbocycles. The summed E-state index contributed by atoms with van der Waals surface area (Å²) in [7, 11) is 0. The Bertz CT molecular complexity index is 572. The number of benzene rings is 1. The predicted molar refractivity (Wildman–Crippen MR) is 83.5 cm³/mol. The highest BCUT2D eigenvalue weighted by Crippen LogP contribution is 2.19. The molecule has 0 saturated heterocycles. The van der Waals surface area contributed by atoms with E-state index in [0.29, 0.717) is 10.2 Å². The van der Waals surface area contributed by atoms with Gasteiger partial charge in [-0.2, -0.15) is 0 Å². The van der Waals surface area contributed by atoms with E-state index in [0.717, 1.165) is 18.4 Å². The third-order valence-corrected chi connectivity index (χ3v) is 3.51. The molecule has 0 aliphatic rings. The van der Waals surface area contributed by atoms with Crippen molar-refractivity contribution in [3.63, 3.8) is 0 Å². The molecular formula is C16H17BrN2O. The second-order valence-electron chi connectivity index (χ2n) is 4.59. The maximum Gasteiger partial charge on any atom is 0.251 e. The van der Waals surface area contributed by atoms with Crippen molar-refractivity contribution < 1.29 is 4.79 Å². The lowest BCUT2D eigenvalue weighted by Gasteiger charge is -2.18. The summed E-state index contributed by atoms with van der Waals surface area (Å²) in [5.41, 5.74) is 1.75. The zero-order valence-electron chi connectivity index (χ0n) is 11.3. The van der Waals surface area contributed by atoms with E-state index in [-0.39, 0.29) is 11.9 Å². The smallest absolute Gasteiger partial charge is 0.251 e. The molecule has 0 bridgehead atoms. The first kappa shape index (κ1) is 14.7. The maximum absolute atomic E-state index is 12.3. The predicted octanol–water partition coefficient (Wildman–Crippen LogP) is 4.12. The number of carbonyl (C=O) groups excluding carboxylic acids is 1. The summed E-state index contributed by atoms with van der Waals surface area (Å²) in [6, 6.07) is 13.5. The number of rotatable bonds is 5. The fourth-order valence-electron chi connectivity index (χ4n) is 2.08. The molecular weight excluding hydrogens is 316 g/mol. The van der Waals surface area contributed by atoms with Gasteiger partial charge in [0.25, 0.3) is 5.91 Å². The zero-order chi connectivity index (χ0) is 14.4. The highest BCUT2D eigenvalue weighted by atomic mass is 79.9. The Morgan fingerprint density at radius 1 is 1.30 bits per heavy atom. The molecule has 2 aromatic rings. The number of halogens is 1. The third-order valence-electron chi connectivity index (χ3n) is 3.07. The number of nitrogens with zero attached hydrogens (tertiary/aromatic N) is 1. The van der Waals surface area contributed by atoms with Gasteiger partial charge in [0.2, 0.25) is 0 Å². The number of carbonyl (C=O) groups is 1. The minimum atomic E-state index is -0.0737. The summed E-state index contributed by atoms with van der Waals surface area (Å²) in [5.74, 6) is -0.0737. The molecule has 1 aromatic carbocycles. The van der Waals surface area contributed by atoms with Crippen LogP contribution in [0, 0.1) is 0 Å². The lowest BCUT2D eigenvalue weighted by molar-refractivity contribution is 0.0934. The fourth-order valence-corrected chi connectivity index (χ4v) is 2.45. The summed E-state index contributed by atoms with van der Waals surface area (Å²) in [5, 5.41) is 3.09. The van der Waals surface area contributed by atoms with Crippen LogP contribution in [0.4, 0.5) is 0 Å². The lowest BCUT2D eigenvalue weighted by Crippen LogP contribution is -2.28. The van der Waals surface area contributed by atoms with Gasteiger partial charge >= 0.3 is 0 Å². The Balaban J connectivity index is 2.14. The van der Waals surface area contributed by atoms with Crippen molar-refractivity contribution >= 4 is 21.8 Å². The largest absolute Gasteiger partial charge is 0.345 e. The molecule has 104 valence electrons. The Morgan fingerprint density at radius 2 is 2.05 bits per heavy atom. The number of amides is 1. The summed E-state index contributed by atoms with van der Waals surface area (Å²) < 4.78 is 0.664. The number of pyridine rings is 1. The van der Waals surface area contributed by atoms with Crippen LogP contribution < -0.4 is 5.32 Å². The van der Waals surface area contributed by atoms with Crippen LogP contribution in [-0.2, 0) is 0 Å². The number of hydrogen-bond donors (Lipinski definition) is 1. The van der Waals surface area contributed by atoms with Gasteiger partial charge in [0.15, 0.2) is 0 Å².